The first-order valence-corrected chi connectivity index (χ1v) is 10.7. The van der Waals surface area contributed by atoms with Crippen LogP contribution in [0.25, 0.3) is 11.0 Å². The lowest BCUT2D eigenvalue weighted by atomic mass is 10.2. The van der Waals surface area contributed by atoms with Crippen molar-refractivity contribution in [3.63, 3.8) is 0 Å². The van der Waals surface area contributed by atoms with E-state index in [1.54, 1.807) is 24.1 Å². The lowest BCUT2D eigenvalue weighted by molar-refractivity contribution is -0.128. The number of sulfone groups is 1. The van der Waals surface area contributed by atoms with E-state index in [1.807, 2.05) is 17.7 Å². The summed E-state index contributed by atoms with van der Waals surface area (Å²) in [5, 5.41) is 1.35. The van der Waals surface area contributed by atoms with Crippen LogP contribution < -0.4 is 0 Å². The average molecular weight is 388 g/mol. The molecule has 3 rings (SSSR count). The molecular formula is C15H18ClN3O3S2. The van der Waals surface area contributed by atoms with Gasteiger partial charge in [-0.1, -0.05) is 23.4 Å². The summed E-state index contributed by atoms with van der Waals surface area (Å²) in [6, 6.07) is 5.27. The quantitative estimate of drug-likeness (QED) is 0.750. The molecule has 1 saturated heterocycles. The molecule has 0 N–H and O–H groups in total. The summed E-state index contributed by atoms with van der Waals surface area (Å²) >= 11 is 7.32. The van der Waals surface area contributed by atoms with Gasteiger partial charge in [0.2, 0.25) is 5.91 Å². The molecule has 9 heteroatoms. The van der Waals surface area contributed by atoms with Crippen molar-refractivity contribution in [1.29, 1.82) is 0 Å². The van der Waals surface area contributed by atoms with Crippen molar-refractivity contribution in [1.82, 2.24) is 14.5 Å². The van der Waals surface area contributed by atoms with Gasteiger partial charge in [-0.2, -0.15) is 0 Å². The smallest absolute Gasteiger partial charge is 0.233 e. The zero-order valence-electron chi connectivity index (χ0n) is 13.4. The molecule has 0 aliphatic carbocycles. The normalized spacial score (nSPS) is 19.7. The fraction of sp³-hybridized carbons (Fsp3) is 0.467. The van der Waals surface area contributed by atoms with Gasteiger partial charge in [0.15, 0.2) is 15.0 Å². The number of hydrogen-bond acceptors (Lipinski definition) is 5. The molecule has 1 aliphatic heterocycles. The van der Waals surface area contributed by atoms with Crippen LogP contribution in [-0.2, 0) is 21.7 Å². The molecular weight excluding hydrogens is 370 g/mol. The number of amides is 1. The molecule has 1 aliphatic rings. The van der Waals surface area contributed by atoms with Crippen molar-refractivity contribution in [3.8, 4) is 0 Å². The fourth-order valence-electron chi connectivity index (χ4n) is 2.79. The third kappa shape index (κ3) is 3.55. The first-order chi connectivity index (χ1) is 11.3. The Morgan fingerprint density at radius 1 is 1.50 bits per heavy atom. The van der Waals surface area contributed by atoms with E-state index >= 15 is 0 Å². The molecule has 0 spiro atoms. The number of aryl methyl sites for hydroxylation is 1. The van der Waals surface area contributed by atoms with Gasteiger partial charge in [-0.05, 0) is 24.6 Å². The number of thioether (sulfide) groups is 1. The highest BCUT2D eigenvalue weighted by Crippen LogP contribution is 2.26. The predicted molar refractivity (Wildman–Crippen MR) is 96.3 cm³/mol. The monoisotopic (exact) mass is 387 g/mol. The standard InChI is InChI=1S/C15H18ClN3O3S2/c1-18(11-5-6-24(21,22)9-11)14(20)8-23-15-17-12-7-10(16)3-4-13(12)19(15)2/h3-4,7,11H,5-6,8-9H2,1-2H3/t11-/m1/s1. The number of hydrogen-bond donors (Lipinski definition) is 0. The second-order valence-corrected chi connectivity index (χ2v) is 9.54. The summed E-state index contributed by atoms with van der Waals surface area (Å²) in [4.78, 5) is 18.4. The Morgan fingerprint density at radius 2 is 2.25 bits per heavy atom. The molecule has 0 saturated carbocycles. The van der Waals surface area contributed by atoms with Crippen LogP contribution in [0.3, 0.4) is 0 Å². The second-order valence-electron chi connectivity index (χ2n) is 5.94. The third-order valence-corrected chi connectivity index (χ3v) is 7.28. The van der Waals surface area contributed by atoms with Gasteiger partial charge in [0, 0.05) is 25.2 Å². The van der Waals surface area contributed by atoms with E-state index in [4.69, 9.17) is 11.6 Å². The molecule has 24 heavy (non-hydrogen) atoms. The molecule has 1 aromatic heterocycles. The maximum Gasteiger partial charge on any atom is 0.233 e. The first-order valence-electron chi connectivity index (χ1n) is 7.48. The molecule has 6 nitrogen and oxygen atoms in total. The Kier molecular flexibility index (Phi) is 4.81. The van der Waals surface area contributed by atoms with Crippen molar-refractivity contribution in [3.05, 3.63) is 23.2 Å². The van der Waals surface area contributed by atoms with E-state index in [0.717, 1.165) is 16.2 Å². The number of imidazole rings is 1. The Labute approximate surface area is 150 Å². The summed E-state index contributed by atoms with van der Waals surface area (Å²) in [6.07, 6.45) is 0.514. The zero-order chi connectivity index (χ0) is 17.5. The third-order valence-electron chi connectivity index (χ3n) is 4.28. The summed E-state index contributed by atoms with van der Waals surface area (Å²) in [7, 11) is 0.563. The Bertz CT molecular complexity index is 895. The van der Waals surface area contributed by atoms with Crippen LogP contribution in [0.2, 0.25) is 5.02 Å². The molecule has 2 aromatic rings. The summed E-state index contributed by atoms with van der Waals surface area (Å²) in [5.74, 6) is 0.350. The molecule has 0 unspecified atom stereocenters. The number of halogens is 1. The highest BCUT2D eigenvalue weighted by molar-refractivity contribution is 7.99. The minimum Gasteiger partial charge on any atom is -0.341 e. The van der Waals surface area contributed by atoms with Crippen molar-refractivity contribution in [2.24, 2.45) is 7.05 Å². The van der Waals surface area contributed by atoms with Crippen LogP contribution in [-0.4, -0.2) is 59.1 Å². The number of nitrogens with zero attached hydrogens (tertiary/aromatic N) is 3. The van der Waals surface area contributed by atoms with Crippen molar-refractivity contribution < 1.29 is 13.2 Å². The van der Waals surface area contributed by atoms with E-state index in [-0.39, 0.29) is 29.2 Å². The van der Waals surface area contributed by atoms with E-state index in [0.29, 0.717) is 11.4 Å². The number of carbonyl (C=O) groups excluding carboxylic acids is 1. The molecule has 1 amide bonds. The fourth-order valence-corrected chi connectivity index (χ4v) is 5.64. The largest absolute Gasteiger partial charge is 0.341 e. The van der Waals surface area contributed by atoms with Gasteiger partial charge in [-0.3, -0.25) is 4.79 Å². The van der Waals surface area contributed by atoms with Gasteiger partial charge in [0.25, 0.3) is 0 Å². The molecule has 0 radical (unpaired) electrons. The Hall–Kier alpha value is -1.25. The first kappa shape index (κ1) is 17.6. The van der Waals surface area contributed by atoms with Gasteiger partial charge in [0.1, 0.15) is 0 Å². The Balaban J connectivity index is 1.67. The molecule has 130 valence electrons. The van der Waals surface area contributed by atoms with Gasteiger partial charge >= 0.3 is 0 Å². The maximum atomic E-state index is 12.3. The topological polar surface area (TPSA) is 72.3 Å². The van der Waals surface area contributed by atoms with Crippen molar-refractivity contribution >= 4 is 50.1 Å². The number of fused-ring (bicyclic) bond motifs is 1. The minimum absolute atomic E-state index is 0.0602. The number of benzene rings is 1. The van der Waals surface area contributed by atoms with Crippen LogP contribution in [0.5, 0.6) is 0 Å². The number of aromatic nitrogens is 2. The van der Waals surface area contributed by atoms with E-state index in [9.17, 15) is 13.2 Å². The van der Waals surface area contributed by atoms with Crippen LogP contribution in [0, 0.1) is 0 Å². The van der Waals surface area contributed by atoms with Crippen LogP contribution in [0.1, 0.15) is 6.42 Å². The zero-order valence-corrected chi connectivity index (χ0v) is 15.8. The molecule has 1 atom stereocenters. The highest BCUT2D eigenvalue weighted by atomic mass is 35.5. The van der Waals surface area contributed by atoms with Gasteiger partial charge in [-0.25, -0.2) is 13.4 Å². The number of carbonyl (C=O) groups is 1. The summed E-state index contributed by atoms with van der Waals surface area (Å²) in [5.41, 5.74) is 1.74. The number of rotatable bonds is 4. The minimum atomic E-state index is -3.00. The van der Waals surface area contributed by atoms with Crippen LogP contribution in [0.15, 0.2) is 23.4 Å². The maximum absolute atomic E-state index is 12.3. The average Bonchev–Trinajstić information content (AvgIpc) is 3.04. The van der Waals surface area contributed by atoms with Crippen LogP contribution >= 0.6 is 23.4 Å². The van der Waals surface area contributed by atoms with E-state index < -0.39 is 9.84 Å². The Morgan fingerprint density at radius 3 is 2.92 bits per heavy atom. The second kappa shape index (κ2) is 6.57. The predicted octanol–water partition coefficient (Wildman–Crippen LogP) is 1.96. The highest BCUT2D eigenvalue weighted by Gasteiger charge is 2.32. The molecule has 1 aromatic carbocycles. The summed E-state index contributed by atoms with van der Waals surface area (Å²) < 4.78 is 25.0. The van der Waals surface area contributed by atoms with Gasteiger partial charge in [-0.15, -0.1) is 0 Å². The lowest BCUT2D eigenvalue weighted by Crippen LogP contribution is -2.38. The van der Waals surface area contributed by atoms with Gasteiger partial charge in [0.05, 0.1) is 28.3 Å². The van der Waals surface area contributed by atoms with E-state index in [2.05, 4.69) is 4.98 Å². The van der Waals surface area contributed by atoms with E-state index in [1.165, 1.54) is 11.8 Å². The summed E-state index contributed by atoms with van der Waals surface area (Å²) in [6.45, 7) is 0. The molecule has 2 heterocycles. The SMILES string of the molecule is CN(C(=O)CSc1nc2cc(Cl)ccc2n1C)[C@@H]1CCS(=O)(=O)C1. The molecule has 1 fully saturated rings. The van der Waals surface area contributed by atoms with Crippen molar-refractivity contribution in [2.75, 3.05) is 24.3 Å². The lowest BCUT2D eigenvalue weighted by Gasteiger charge is -2.23. The van der Waals surface area contributed by atoms with Crippen molar-refractivity contribution in [2.45, 2.75) is 17.6 Å². The van der Waals surface area contributed by atoms with Gasteiger partial charge < -0.3 is 9.47 Å². The molecule has 0 bridgehead atoms. The van der Waals surface area contributed by atoms with Crippen LogP contribution in [0.4, 0.5) is 0 Å².